The third kappa shape index (κ3) is 3.22. The average molecular weight is 313 g/mol. The number of amides is 2. The second kappa shape index (κ2) is 6.35. The van der Waals surface area contributed by atoms with Crippen molar-refractivity contribution >= 4 is 11.8 Å². The molecule has 1 aromatic rings. The first-order valence-electron chi connectivity index (χ1n) is 6.85. The number of nitrogens with one attached hydrogen (secondary N) is 1. The number of nitrogens with zero attached hydrogens (tertiary/aromatic N) is 2. The Morgan fingerprint density at radius 3 is 2.55 bits per heavy atom. The standard InChI is InChI=1S/C14H17F2N3O3/c1-7(13-10(15)4-17-5-11(13)16)18-14(22)12-3-9(21)6-19(12)8(2)20/h4-5,7,9,12,21H,3,6H2,1-2H3,(H,18,22)/t7?,9-,12+/m0/s1. The van der Waals surface area contributed by atoms with Gasteiger partial charge >= 0.3 is 0 Å². The molecule has 1 aliphatic rings. The van der Waals surface area contributed by atoms with Crippen molar-refractivity contribution in [3.63, 3.8) is 0 Å². The van der Waals surface area contributed by atoms with Gasteiger partial charge in [-0.15, -0.1) is 0 Å². The second-order valence-corrected chi connectivity index (χ2v) is 5.32. The van der Waals surface area contributed by atoms with Crippen LogP contribution < -0.4 is 5.32 Å². The number of carbonyl (C=O) groups is 2. The van der Waals surface area contributed by atoms with Crippen molar-refractivity contribution in [2.45, 2.75) is 38.5 Å². The van der Waals surface area contributed by atoms with E-state index in [0.717, 1.165) is 12.4 Å². The first-order valence-corrected chi connectivity index (χ1v) is 6.85. The van der Waals surface area contributed by atoms with Crippen LogP contribution in [0.4, 0.5) is 8.78 Å². The van der Waals surface area contributed by atoms with Gasteiger partial charge in [0.05, 0.1) is 24.5 Å². The molecule has 0 bridgehead atoms. The molecule has 1 aliphatic heterocycles. The van der Waals surface area contributed by atoms with E-state index in [-0.39, 0.29) is 24.4 Å². The van der Waals surface area contributed by atoms with Gasteiger partial charge in [0.1, 0.15) is 17.7 Å². The Kier molecular flexibility index (Phi) is 4.70. The predicted molar refractivity (Wildman–Crippen MR) is 72.5 cm³/mol. The summed E-state index contributed by atoms with van der Waals surface area (Å²) in [4.78, 5) is 28.3. The molecule has 1 saturated heterocycles. The lowest BCUT2D eigenvalue weighted by atomic mass is 10.1. The molecule has 2 N–H and O–H groups in total. The van der Waals surface area contributed by atoms with Crippen LogP contribution in [0.15, 0.2) is 12.4 Å². The van der Waals surface area contributed by atoms with Crippen LogP contribution in [-0.2, 0) is 9.59 Å². The molecule has 0 spiro atoms. The van der Waals surface area contributed by atoms with Crippen LogP contribution in [0.3, 0.4) is 0 Å². The number of aromatic nitrogens is 1. The van der Waals surface area contributed by atoms with Crippen molar-refractivity contribution in [3.05, 3.63) is 29.6 Å². The highest BCUT2D eigenvalue weighted by atomic mass is 19.1. The van der Waals surface area contributed by atoms with E-state index >= 15 is 0 Å². The van der Waals surface area contributed by atoms with Crippen molar-refractivity contribution in [3.8, 4) is 0 Å². The molecule has 120 valence electrons. The summed E-state index contributed by atoms with van der Waals surface area (Å²) in [7, 11) is 0. The van der Waals surface area contributed by atoms with Crippen LogP contribution in [0.1, 0.15) is 31.9 Å². The van der Waals surface area contributed by atoms with Crippen LogP contribution in [-0.4, -0.2) is 45.5 Å². The first-order chi connectivity index (χ1) is 10.3. The Bertz CT molecular complexity index is 576. The van der Waals surface area contributed by atoms with Gasteiger partial charge in [-0.3, -0.25) is 14.6 Å². The number of likely N-dealkylation sites (tertiary alicyclic amines) is 1. The maximum Gasteiger partial charge on any atom is 0.243 e. The zero-order chi connectivity index (χ0) is 16.4. The van der Waals surface area contributed by atoms with Crippen LogP contribution >= 0.6 is 0 Å². The van der Waals surface area contributed by atoms with Crippen molar-refractivity contribution in [1.82, 2.24) is 15.2 Å². The molecule has 0 aliphatic carbocycles. The lowest BCUT2D eigenvalue weighted by molar-refractivity contribution is -0.137. The zero-order valence-corrected chi connectivity index (χ0v) is 12.2. The molecular weight excluding hydrogens is 296 g/mol. The van der Waals surface area contributed by atoms with Crippen LogP contribution in [0, 0.1) is 11.6 Å². The first kappa shape index (κ1) is 16.3. The average Bonchev–Trinajstić information content (AvgIpc) is 2.81. The van der Waals surface area contributed by atoms with Gasteiger partial charge < -0.3 is 15.3 Å². The summed E-state index contributed by atoms with van der Waals surface area (Å²) in [6, 6.07) is -1.77. The molecular formula is C14H17F2N3O3. The molecule has 2 rings (SSSR count). The van der Waals surface area contributed by atoms with Gasteiger partial charge in [-0.05, 0) is 6.92 Å². The van der Waals surface area contributed by atoms with Gasteiger partial charge in [0.15, 0.2) is 0 Å². The van der Waals surface area contributed by atoms with E-state index in [1.165, 1.54) is 18.7 Å². The smallest absolute Gasteiger partial charge is 0.243 e. The van der Waals surface area contributed by atoms with Gasteiger partial charge in [0, 0.05) is 25.5 Å². The topological polar surface area (TPSA) is 82.5 Å². The fourth-order valence-corrected chi connectivity index (χ4v) is 2.63. The molecule has 0 radical (unpaired) electrons. The van der Waals surface area contributed by atoms with Gasteiger partial charge in [-0.1, -0.05) is 0 Å². The second-order valence-electron chi connectivity index (χ2n) is 5.32. The van der Waals surface area contributed by atoms with E-state index in [9.17, 15) is 23.5 Å². The van der Waals surface area contributed by atoms with Crippen molar-refractivity contribution in [1.29, 1.82) is 0 Å². The molecule has 22 heavy (non-hydrogen) atoms. The molecule has 0 saturated carbocycles. The number of aliphatic hydroxyl groups excluding tert-OH is 1. The largest absolute Gasteiger partial charge is 0.391 e. The minimum Gasteiger partial charge on any atom is -0.391 e. The van der Waals surface area contributed by atoms with Gasteiger partial charge in [-0.2, -0.15) is 0 Å². The molecule has 1 unspecified atom stereocenters. The summed E-state index contributed by atoms with van der Waals surface area (Å²) in [6.45, 7) is 2.80. The third-order valence-electron chi connectivity index (χ3n) is 3.67. The Morgan fingerprint density at radius 2 is 2.00 bits per heavy atom. The lowest BCUT2D eigenvalue weighted by Crippen LogP contribution is -2.46. The summed E-state index contributed by atoms with van der Waals surface area (Å²) >= 11 is 0. The Morgan fingerprint density at radius 1 is 1.41 bits per heavy atom. The van der Waals surface area contributed by atoms with E-state index in [2.05, 4.69) is 10.3 Å². The Labute approximate surface area is 126 Å². The maximum atomic E-state index is 13.6. The number of carbonyl (C=O) groups excluding carboxylic acids is 2. The SMILES string of the molecule is CC(=O)N1C[C@@H](O)C[C@@H]1C(=O)NC(C)c1c(F)cncc1F. The van der Waals surface area contributed by atoms with Gasteiger partial charge in [0.2, 0.25) is 11.8 Å². The number of rotatable bonds is 3. The van der Waals surface area contributed by atoms with Crippen molar-refractivity contribution < 1.29 is 23.5 Å². The highest BCUT2D eigenvalue weighted by Gasteiger charge is 2.38. The molecule has 3 atom stereocenters. The van der Waals surface area contributed by atoms with E-state index in [0.29, 0.717) is 0 Å². The third-order valence-corrected chi connectivity index (χ3v) is 3.67. The molecule has 0 aromatic carbocycles. The minimum atomic E-state index is -0.929. The molecule has 6 nitrogen and oxygen atoms in total. The normalized spacial score (nSPS) is 22.5. The van der Waals surface area contributed by atoms with Crippen molar-refractivity contribution in [2.75, 3.05) is 6.54 Å². The summed E-state index contributed by atoms with van der Waals surface area (Å²) in [5.41, 5.74) is -0.295. The highest BCUT2D eigenvalue weighted by molar-refractivity contribution is 5.87. The number of aliphatic hydroxyl groups is 1. The van der Waals surface area contributed by atoms with Crippen molar-refractivity contribution in [2.24, 2.45) is 0 Å². The maximum absolute atomic E-state index is 13.6. The van der Waals surface area contributed by atoms with E-state index in [4.69, 9.17) is 0 Å². The van der Waals surface area contributed by atoms with Gasteiger partial charge in [0.25, 0.3) is 0 Å². The number of hydrogen-bond acceptors (Lipinski definition) is 4. The Balaban J connectivity index is 2.13. The quantitative estimate of drug-likeness (QED) is 0.852. The fraction of sp³-hybridized carbons (Fsp3) is 0.500. The summed E-state index contributed by atoms with van der Waals surface area (Å²) in [5.74, 6) is -2.62. The molecule has 2 amide bonds. The molecule has 1 fully saturated rings. The molecule has 1 aromatic heterocycles. The van der Waals surface area contributed by atoms with E-state index in [1.807, 2.05) is 0 Å². The van der Waals surface area contributed by atoms with Gasteiger partial charge in [-0.25, -0.2) is 8.78 Å². The van der Waals surface area contributed by atoms with Crippen LogP contribution in [0.25, 0.3) is 0 Å². The van der Waals surface area contributed by atoms with Crippen LogP contribution in [0.2, 0.25) is 0 Å². The number of hydrogen-bond donors (Lipinski definition) is 2. The summed E-state index contributed by atoms with van der Waals surface area (Å²) in [6.07, 6.45) is 1.04. The lowest BCUT2D eigenvalue weighted by Gasteiger charge is -2.24. The van der Waals surface area contributed by atoms with Crippen LogP contribution in [0.5, 0.6) is 0 Å². The minimum absolute atomic E-state index is 0.0692. The van der Waals surface area contributed by atoms with E-state index < -0.39 is 35.7 Å². The monoisotopic (exact) mass is 313 g/mol. The fourth-order valence-electron chi connectivity index (χ4n) is 2.63. The molecule has 8 heteroatoms. The van der Waals surface area contributed by atoms with E-state index in [1.54, 1.807) is 0 Å². The number of pyridine rings is 1. The highest BCUT2D eigenvalue weighted by Crippen LogP contribution is 2.22. The number of halogens is 2. The summed E-state index contributed by atoms with van der Waals surface area (Å²) in [5, 5.41) is 12.1. The zero-order valence-electron chi connectivity index (χ0n) is 12.2. The summed E-state index contributed by atoms with van der Waals surface area (Å²) < 4.78 is 27.3. The Hall–Kier alpha value is -2.09. The predicted octanol–water partition coefficient (Wildman–Crippen LogP) is 0.519. The molecule has 2 heterocycles. The number of β-amino-alcohol motifs (C(OH)–C–C–N with tert-alkyl or cyclic N) is 1.